The zero-order valence-corrected chi connectivity index (χ0v) is 11.8. The molecule has 0 spiro atoms. The Morgan fingerprint density at radius 1 is 1.30 bits per heavy atom. The molecule has 1 aliphatic rings. The van der Waals surface area contributed by atoms with Crippen molar-refractivity contribution in [2.75, 3.05) is 23.9 Å². The smallest absolute Gasteiger partial charge is 0.218 e. The van der Waals surface area contributed by atoms with Gasteiger partial charge in [-0.05, 0) is 25.1 Å². The first-order chi connectivity index (χ1) is 9.79. The second kappa shape index (κ2) is 5.41. The monoisotopic (exact) mass is 269 g/mol. The number of hydrogen-bond acceptors (Lipinski definition) is 4. The van der Waals surface area contributed by atoms with E-state index < -0.39 is 0 Å². The lowest BCUT2D eigenvalue weighted by atomic mass is 10.1. The molecule has 3 rings (SSSR count). The molecule has 1 unspecified atom stereocenters. The Balaban J connectivity index is 1.94. The highest BCUT2D eigenvalue weighted by Gasteiger charge is 2.23. The van der Waals surface area contributed by atoms with Crippen LogP contribution in [0.5, 0.6) is 5.88 Å². The molecule has 4 nitrogen and oxygen atoms in total. The molecule has 0 amide bonds. The first-order valence-electron chi connectivity index (χ1n) is 6.87. The van der Waals surface area contributed by atoms with E-state index in [4.69, 9.17) is 4.74 Å². The third kappa shape index (κ3) is 2.29. The van der Waals surface area contributed by atoms with Gasteiger partial charge in [-0.3, -0.25) is 0 Å². The summed E-state index contributed by atoms with van der Waals surface area (Å²) in [5, 5.41) is 3.47. The van der Waals surface area contributed by atoms with Crippen LogP contribution in [0.3, 0.4) is 0 Å². The van der Waals surface area contributed by atoms with Gasteiger partial charge in [0.1, 0.15) is 0 Å². The largest absolute Gasteiger partial charge is 0.481 e. The van der Waals surface area contributed by atoms with Gasteiger partial charge in [0.2, 0.25) is 5.88 Å². The van der Waals surface area contributed by atoms with Crippen molar-refractivity contribution in [3.8, 4) is 5.88 Å². The van der Waals surface area contributed by atoms with Crippen LogP contribution in [0.2, 0.25) is 0 Å². The number of nitrogens with zero attached hydrogens (tertiary/aromatic N) is 2. The maximum absolute atomic E-state index is 5.36. The molecule has 2 aromatic rings. The van der Waals surface area contributed by atoms with Gasteiger partial charge < -0.3 is 15.0 Å². The minimum absolute atomic E-state index is 0.426. The topological polar surface area (TPSA) is 37.4 Å². The zero-order valence-electron chi connectivity index (χ0n) is 11.8. The van der Waals surface area contributed by atoms with Crippen LogP contribution in [-0.2, 0) is 6.54 Å². The molecule has 0 radical (unpaired) electrons. The van der Waals surface area contributed by atoms with Crippen molar-refractivity contribution < 1.29 is 4.74 Å². The van der Waals surface area contributed by atoms with Crippen LogP contribution in [0.4, 0.5) is 11.4 Å². The van der Waals surface area contributed by atoms with Gasteiger partial charge in [0, 0.05) is 30.9 Å². The summed E-state index contributed by atoms with van der Waals surface area (Å²) in [6.07, 6.45) is 1.76. The number of ether oxygens (including phenoxy) is 1. The Labute approximate surface area is 119 Å². The van der Waals surface area contributed by atoms with Gasteiger partial charge in [-0.15, -0.1) is 0 Å². The van der Waals surface area contributed by atoms with Gasteiger partial charge in [0.15, 0.2) is 0 Å². The Kier molecular flexibility index (Phi) is 3.46. The molecule has 1 atom stereocenters. The summed E-state index contributed by atoms with van der Waals surface area (Å²) in [6.45, 7) is 3.97. The number of anilines is 2. The minimum Gasteiger partial charge on any atom is -0.481 e. The molecule has 1 aliphatic heterocycles. The van der Waals surface area contributed by atoms with Gasteiger partial charge in [0.05, 0.1) is 18.5 Å². The third-order valence-corrected chi connectivity index (χ3v) is 3.72. The first-order valence-corrected chi connectivity index (χ1v) is 6.87. The van der Waals surface area contributed by atoms with Crippen molar-refractivity contribution in [1.29, 1.82) is 0 Å². The molecule has 0 saturated carbocycles. The van der Waals surface area contributed by atoms with Crippen molar-refractivity contribution in [3.63, 3.8) is 0 Å². The van der Waals surface area contributed by atoms with Gasteiger partial charge in [0.25, 0.3) is 0 Å². The quantitative estimate of drug-likeness (QED) is 0.929. The van der Waals surface area contributed by atoms with Crippen molar-refractivity contribution in [3.05, 3.63) is 48.2 Å². The standard InChI is InChI=1S/C16H19N3O/c1-12-10-18-14-7-3-4-8-15(14)19(12)11-13-6-5-9-17-16(13)20-2/h3-9,12,18H,10-11H2,1-2H3. The summed E-state index contributed by atoms with van der Waals surface area (Å²) in [6, 6.07) is 12.9. The summed E-state index contributed by atoms with van der Waals surface area (Å²) in [4.78, 5) is 6.67. The van der Waals surface area contributed by atoms with Gasteiger partial charge in [-0.2, -0.15) is 0 Å². The molecule has 0 aliphatic carbocycles. The second-order valence-corrected chi connectivity index (χ2v) is 5.05. The predicted octanol–water partition coefficient (Wildman–Crippen LogP) is 2.91. The summed E-state index contributed by atoms with van der Waals surface area (Å²) in [7, 11) is 1.67. The Bertz CT molecular complexity index is 600. The van der Waals surface area contributed by atoms with Gasteiger partial charge in [-0.25, -0.2) is 4.98 Å². The molecule has 1 aromatic carbocycles. The zero-order chi connectivity index (χ0) is 13.9. The van der Waals surface area contributed by atoms with Crippen molar-refractivity contribution in [1.82, 2.24) is 4.98 Å². The fourth-order valence-electron chi connectivity index (χ4n) is 2.63. The first kappa shape index (κ1) is 12.8. The predicted molar refractivity (Wildman–Crippen MR) is 81.4 cm³/mol. The average molecular weight is 269 g/mol. The number of nitrogens with one attached hydrogen (secondary N) is 1. The number of aromatic nitrogens is 1. The Morgan fingerprint density at radius 2 is 2.15 bits per heavy atom. The maximum atomic E-state index is 5.36. The van der Waals surface area contributed by atoms with Crippen LogP contribution in [0, 0.1) is 0 Å². The van der Waals surface area contributed by atoms with E-state index in [0.29, 0.717) is 11.9 Å². The van der Waals surface area contributed by atoms with Crippen LogP contribution in [0.25, 0.3) is 0 Å². The number of methoxy groups -OCH3 is 1. The van der Waals surface area contributed by atoms with Crippen LogP contribution < -0.4 is 15.0 Å². The number of benzene rings is 1. The molecule has 0 fully saturated rings. The lowest BCUT2D eigenvalue weighted by Crippen LogP contribution is -2.41. The van der Waals surface area contributed by atoms with E-state index in [0.717, 1.165) is 18.7 Å². The maximum Gasteiger partial charge on any atom is 0.218 e. The fraction of sp³-hybridized carbons (Fsp3) is 0.312. The summed E-state index contributed by atoms with van der Waals surface area (Å²) in [5.41, 5.74) is 3.53. The van der Waals surface area contributed by atoms with Crippen LogP contribution >= 0.6 is 0 Å². The van der Waals surface area contributed by atoms with Crippen molar-refractivity contribution in [2.24, 2.45) is 0 Å². The number of pyridine rings is 1. The number of para-hydroxylation sites is 2. The SMILES string of the molecule is COc1ncccc1CN1c2ccccc2NCC1C. The van der Waals surface area contributed by atoms with E-state index in [9.17, 15) is 0 Å². The van der Waals surface area contributed by atoms with Crippen molar-refractivity contribution >= 4 is 11.4 Å². The highest BCUT2D eigenvalue weighted by molar-refractivity contribution is 5.72. The number of hydrogen-bond donors (Lipinski definition) is 1. The summed E-state index contributed by atoms with van der Waals surface area (Å²) >= 11 is 0. The number of rotatable bonds is 3. The molecule has 1 aromatic heterocycles. The molecule has 104 valence electrons. The minimum atomic E-state index is 0.426. The lowest BCUT2D eigenvalue weighted by molar-refractivity contribution is 0.391. The van der Waals surface area contributed by atoms with E-state index in [-0.39, 0.29) is 0 Å². The summed E-state index contributed by atoms with van der Waals surface area (Å²) < 4.78 is 5.36. The highest BCUT2D eigenvalue weighted by Crippen LogP contribution is 2.33. The van der Waals surface area contributed by atoms with E-state index in [1.165, 1.54) is 11.4 Å². The Morgan fingerprint density at radius 3 is 3.00 bits per heavy atom. The van der Waals surface area contributed by atoms with E-state index >= 15 is 0 Å². The van der Waals surface area contributed by atoms with Crippen LogP contribution in [0.1, 0.15) is 12.5 Å². The molecule has 0 saturated heterocycles. The molecular formula is C16H19N3O. The molecular weight excluding hydrogens is 250 g/mol. The van der Waals surface area contributed by atoms with E-state index in [1.807, 2.05) is 6.07 Å². The van der Waals surface area contributed by atoms with Gasteiger partial charge in [-0.1, -0.05) is 18.2 Å². The van der Waals surface area contributed by atoms with Crippen LogP contribution in [0.15, 0.2) is 42.6 Å². The normalized spacial score (nSPS) is 17.3. The van der Waals surface area contributed by atoms with Crippen LogP contribution in [-0.4, -0.2) is 24.7 Å². The fourth-order valence-corrected chi connectivity index (χ4v) is 2.63. The third-order valence-electron chi connectivity index (χ3n) is 3.72. The second-order valence-electron chi connectivity index (χ2n) is 5.05. The van der Waals surface area contributed by atoms with E-state index in [1.54, 1.807) is 13.3 Å². The summed E-state index contributed by atoms with van der Waals surface area (Å²) in [5.74, 6) is 0.704. The lowest BCUT2D eigenvalue weighted by Gasteiger charge is -2.37. The highest BCUT2D eigenvalue weighted by atomic mass is 16.5. The molecule has 20 heavy (non-hydrogen) atoms. The molecule has 0 bridgehead atoms. The van der Waals surface area contributed by atoms with Gasteiger partial charge >= 0.3 is 0 Å². The Hall–Kier alpha value is -2.23. The number of fused-ring (bicyclic) bond motifs is 1. The average Bonchev–Trinajstić information content (AvgIpc) is 2.50. The van der Waals surface area contributed by atoms with E-state index in [2.05, 4.69) is 52.5 Å². The molecule has 4 heteroatoms. The molecule has 2 heterocycles. The van der Waals surface area contributed by atoms with Crippen molar-refractivity contribution in [2.45, 2.75) is 19.5 Å². The molecule has 1 N–H and O–H groups in total.